The molecule has 34 heavy (non-hydrogen) atoms. The van der Waals surface area contributed by atoms with E-state index < -0.39 is 18.1 Å². The molecule has 0 bridgehead atoms. The van der Waals surface area contributed by atoms with Crippen LogP contribution in [0.4, 0.5) is 4.79 Å². The number of nitrogens with one attached hydrogen (secondary N) is 2. The summed E-state index contributed by atoms with van der Waals surface area (Å²) >= 11 is 0. The van der Waals surface area contributed by atoms with Crippen molar-refractivity contribution in [3.63, 3.8) is 0 Å². The number of nitrogens with zero attached hydrogens (tertiary/aromatic N) is 1. The van der Waals surface area contributed by atoms with Gasteiger partial charge >= 0.3 is 12.1 Å². The standard InChI is InChI=1S/C26H31N3O5/c1-29(2)12-11-23(25(31)32)28-24(30)21-13-16(21)14-27-26(33)34-15-22-19-9-5-3-7-17(19)18-8-4-6-10-20(18)22/h3-10,16,21-23H,11-15H2,1-2H3,(H,27,33)(H,28,30)(H,31,32)/t16-,21-,23?/m0/s1. The first kappa shape index (κ1) is 23.8. The summed E-state index contributed by atoms with van der Waals surface area (Å²) in [5, 5.41) is 14.7. The van der Waals surface area contributed by atoms with Crippen molar-refractivity contribution in [2.24, 2.45) is 11.8 Å². The number of amides is 2. The summed E-state index contributed by atoms with van der Waals surface area (Å²) in [6, 6.07) is 15.4. The van der Waals surface area contributed by atoms with E-state index in [0.29, 0.717) is 25.9 Å². The van der Waals surface area contributed by atoms with Gasteiger partial charge in [0.2, 0.25) is 5.91 Å². The Morgan fingerprint density at radius 3 is 2.26 bits per heavy atom. The third-order valence-corrected chi connectivity index (χ3v) is 6.59. The Hall–Kier alpha value is -3.39. The van der Waals surface area contributed by atoms with Crippen molar-refractivity contribution in [1.29, 1.82) is 0 Å². The van der Waals surface area contributed by atoms with E-state index >= 15 is 0 Å². The molecular formula is C26H31N3O5. The van der Waals surface area contributed by atoms with Crippen molar-refractivity contribution in [1.82, 2.24) is 15.5 Å². The average Bonchev–Trinajstić information content (AvgIpc) is 3.54. The molecule has 0 aliphatic heterocycles. The number of fused-ring (bicyclic) bond motifs is 3. The average molecular weight is 466 g/mol. The normalized spacial score (nSPS) is 19.1. The van der Waals surface area contributed by atoms with Crippen molar-refractivity contribution in [3.8, 4) is 11.1 Å². The van der Waals surface area contributed by atoms with Crippen LogP contribution in [-0.2, 0) is 14.3 Å². The van der Waals surface area contributed by atoms with E-state index in [2.05, 4.69) is 34.9 Å². The number of carboxylic acids is 1. The fourth-order valence-electron chi connectivity index (χ4n) is 4.58. The smallest absolute Gasteiger partial charge is 0.407 e. The zero-order valence-electron chi connectivity index (χ0n) is 19.5. The van der Waals surface area contributed by atoms with Crippen LogP contribution in [0, 0.1) is 11.8 Å². The Bertz CT molecular complexity index is 1020. The highest BCUT2D eigenvalue weighted by atomic mass is 16.5. The molecule has 0 aromatic heterocycles. The van der Waals surface area contributed by atoms with Gasteiger partial charge in [0.05, 0.1) is 0 Å². The monoisotopic (exact) mass is 465 g/mol. The number of alkyl carbamates (subject to hydrolysis) is 1. The van der Waals surface area contributed by atoms with Gasteiger partial charge in [0, 0.05) is 24.9 Å². The summed E-state index contributed by atoms with van der Waals surface area (Å²) in [7, 11) is 3.71. The van der Waals surface area contributed by atoms with Crippen LogP contribution >= 0.6 is 0 Å². The lowest BCUT2D eigenvalue weighted by Crippen LogP contribution is -2.43. The van der Waals surface area contributed by atoms with Gasteiger partial charge < -0.3 is 25.4 Å². The Kier molecular flexibility index (Phi) is 7.17. The molecular weight excluding hydrogens is 434 g/mol. The first-order valence-corrected chi connectivity index (χ1v) is 11.6. The summed E-state index contributed by atoms with van der Waals surface area (Å²) in [6.07, 6.45) is 0.446. The quantitative estimate of drug-likeness (QED) is 0.498. The van der Waals surface area contributed by atoms with Crippen molar-refractivity contribution in [2.75, 3.05) is 33.8 Å². The third kappa shape index (κ3) is 5.39. The lowest BCUT2D eigenvalue weighted by Gasteiger charge is -2.17. The number of benzene rings is 2. The largest absolute Gasteiger partial charge is 0.480 e. The Morgan fingerprint density at radius 1 is 1.06 bits per heavy atom. The summed E-state index contributed by atoms with van der Waals surface area (Å²) in [5.74, 6) is -1.61. The summed E-state index contributed by atoms with van der Waals surface area (Å²) < 4.78 is 5.53. The van der Waals surface area contributed by atoms with Crippen LogP contribution in [-0.4, -0.2) is 67.8 Å². The second-order valence-corrected chi connectivity index (χ2v) is 9.30. The van der Waals surface area contributed by atoms with E-state index in [9.17, 15) is 19.5 Å². The lowest BCUT2D eigenvalue weighted by atomic mass is 9.98. The molecule has 3 atom stereocenters. The Labute approximate surface area is 199 Å². The van der Waals surface area contributed by atoms with Gasteiger partial charge in [-0.3, -0.25) is 4.79 Å². The predicted octanol–water partition coefficient (Wildman–Crippen LogP) is 2.68. The molecule has 8 heteroatoms. The number of carbonyl (C=O) groups excluding carboxylic acids is 2. The van der Waals surface area contributed by atoms with E-state index in [0.717, 1.165) is 11.1 Å². The van der Waals surface area contributed by atoms with Crippen LogP contribution in [0.25, 0.3) is 11.1 Å². The van der Waals surface area contributed by atoms with Gasteiger partial charge in [-0.15, -0.1) is 0 Å². The minimum Gasteiger partial charge on any atom is -0.480 e. The molecule has 0 spiro atoms. The fraction of sp³-hybridized carbons (Fsp3) is 0.423. The second kappa shape index (κ2) is 10.3. The molecule has 1 saturated carbocycles. The number of carbonyl (C=O) groups is 3. The van der Waals surface area contributed by atoms with Crippen LogP contribution < -0.4 is 10.6 Å². The Morgan fingerprint density at radius 2 is 1.68 bits per heavy atom. The lowest BCUT2D eigenvalue weighted by molar-refractivity contribution is -0.142. The second-order valence-electron chi connectivity index (χ2n) is 9.30. The molecule has 0 heterocycles. The number of rotatable bonds is 10. The van der Waals surface area contributed by atoms with E-state index in [1.807, 2.05) is 43.3 Å². The maximum atomic E-state index is 12.4. The van der Waals surface area contributed by atoms with Gasteiger partial charge in [0.1, 0.15) is 12.6 Å². The minimum absolute atomic E-state index is 0.00674. The Balaban J connectivity index is 1.23. The van der Waals surface area contributed by atoms with Gasteiger partial charge in [-0.25, -0.2) is 9.59 Å². The molecule has 1 fully saturated rings. The van der Waals surface area contributed by atoms with Crippen LogP contribution in [0.15, 0.2) is 48.5 Å². The fourth-order valence-corrected chi connectivity index (χ4v) is 4.58. The SMILES string of the molecule is CN(C)CCC(NC(=O)[C@H]1C[C@H]1CNC(=O)OCC1c2ccccc2-c2ccccc21)C(=O)O. The molecule has 0 saturated heterocycles. The molecule has 8 nitrogen and oxygen atoms in total. The number of aliphatic carboxylic acids is 1. The van der Waals surface area contributed by atoms with E-state index in [-0.39, 0.29) is 30.3 Å². The van der Waals surface area contributed by atoms with E-state index in [4.69, 9.17) is 4.74 Å². The molecule has 0 radical (unpaired) electrons. The van der Waals surface area contributed by atoms with Gasteiger partial charge in [-0.1, -0.05) is 48.5 Å². The zero-order valence-corrected chi connectivity index (χ0v) is 19.5. The maximum absolute atomic E-state index is 12.4. The number of carboxylic acid groups (broad SMARTS) is 1. The summed E-state index contributed by atoms with van der Waals surface area (Å²) in [5.41, 5.74) is 4.64. The van der Waals surface area contributed by atoms with Crippen molar-refractivity contribution >= 4 is 18.0 Å². The predicted molar refractivity (Wildman–Crippen MR) is 127 cm³/mol. The maximum Gasteiger partial charge on any atom is 0.407 e. The molecule has 2 aliphatic rings. The number of hydrogen-bond acceptors (Lipinski definition) is 5. The first-order chi connectivity index (χ1) is 16.3. The van der Waals surface area contributed by atoms with E-state index in [1.54, 1.807) is 0 Å². The zero-order chi connectivity index (χ0) is 24.2. The van der Waals surface area contributed by atoms with E-state index in [1.165, 1.54) is 11.1 Å². The van der Waals surface area contributed by atoms with Crippen molar-refractivity contribution < 1.29 is 24.2 Å². The highest BCUT2D eigenvalue weighted by molar-refractivity contribution is 5.86. The molecule has 180 valence electrons. The summed E-state index contributed by atoms with van der Waals surface area (Å²) in [6.45, 7) is 1.12. The molecule has 4 rings (SSSR count). The van der Waals surface area contributed by atoms with Gasteiger partial charge in [-0.05, 0) is 55.1 Å². The highest BCUT2D eigenvalue weighted by Crippen LogP contribution is 2.44. The highest BCUT2D eigenvalue weighted by Gasteiger charge is 2.44. The molecule has 2 amide bonds. The van der Waals surface area contributed by atoms with Gasteiger partial charge in [0.15, 0.2) is 0 Å². The first-order valence-electron chi connectivity index (χ1n) is 11.6. The van der Waals surface area contributed by atoms with Crippen LogP contribution in [0.1, 0.15) is 29.9 Å². The van der Waals surface area contributed by atoms with Crippen LogP contribution in [0.3, 0.4) is 0 Å². The van der Waals surface area contributed by atoms with Gasteiger partial charge in [0.25, 0.3) is 0 Å². The van der Waals surface area contributed by atoms with Crippen LogP contribution in [0.5, 0.6) is 0 Å². The van der Waals surface area contributed by atoms with Crippen molar-refractivity contribution in [3.05, 3.63) is 59.7 Å². The molecule has 3 N–H and O–H groups in total. The molecule has 2 aliphatic carbocycles. The number of ether oxygens (including phenoxy) is 1. The van der Waals surface area contributed by atoms with Crippen molar-refractivity contribution in [2.45, 2.75) is 24.8 Å². The topological polar surface area (TPSA) is 108 Å². The molecule has 2 aromatic rings. The molecule has 1 unspecified atom stereocenters. The summed E-state index contributed by atoms with van der Waals surface area (Å²) in [4.78, 5) is 38.0. The van der Waals surface area contributed by atoms with Crippen LogP contribution in [0.2, 0.25) is 0 Å². The minimum atomic E-state index is -1.04. The third-order valence-electron chi connectivity index (χ3n) is 6.59. The van der Waals surface area contributed by atoms with Gasteiger partial charge in [-0.2, -0.15) is 0 Å². The number of hydrogen-bond donors (Lipinski definition) is 3. The molecule has 2 aromatic carbocycles.